The van der Waals surface area contributed by atoms with Gasteiger partial charge < -0.3 is 4.98 Å². The lowest BCUT2D eigenvalue weighted by atomic mass is 9.87. The molecule has 2 aromatic rings. The summed E-state index contributed by atoms with van der Waals surface area (Å²) < 4.78 is 0. The summed E-state index contributed by atoms with van der Waals surface area (Å²) in [5.74, 6) is -0.161. The summed E-state index contributed by atoms with van der Waals surface area (Å²) >= 11 is 0. The zero-order chi connectivity index (χ0) is 13.3. The molecule has 1 heterocycles. The average Bonchev–Trinajstić information content (AvgIpc) is 2.70. The molecule has 0 unspecified atom stereocenters. The molecule has 18 heavy (non-hydrogen) atoms. The summed E-state index contributed by atoms with van der Waals surface area (Å²) in [4.78, 5) is 14.7. The summed E-state index contributed by atoms with van der Waals surface area (Å²) in [5, 5.41) is 9.54. The minimum Gasteiger partial charge on any atom is -0.352 e. The fraction of sp³-hybridized carbons (Fsp3) is 0.333. The lowest BCUT2D eigenvalue weighted by Crippen LogP contribution is -2.10. The van der Waals surface area contributed by atoms with Crippen LogP contribution in [0.5, 0.6) is 0 Å². The summed E-state index contributed by atoms with van der Waals surface area (Å²) in [6.07, 6.45) is -0.0844. The van der Waals surface area contributed by atoms with Gasteiger partial charge in [-0.05, 0) is 23.1 Å². The Hall–Kier alpha value is -2.08. The van der Waals surface area contributed by atoms with Crippen LogP contribution in [0.2, 0.25) is 0 Å². The Labute approximate surface area is 106 Å². The second-order valence-electron chi connectivity index (χ2n) is 5.49. The number of fused-ring (bicyclic) bond motifs is 1. The summed E-state index contributed by atoms with van der Waals surface area (Å²) in [6, 6.07) is 9.84. The van der Waals surface area contributed by atoms with Crippen LogP contribution >= 0.6 is 0 Å². The quantitative estimate of drug-likeness (QED) is 0.816. The predicted molar refractivity (Wildman–Crippen MR) is 71.6 cm³/mol. The first-order valence-corrected chi connectivity index (χ1v) is 5.95. The van der Waals surface area contributed by atoms with Gasteiger partial charge in [0.15, 0.2) is 5.78 Å². The highest BCUT2D eigenvalue weighted by atomic mass is 16.1. The topological polar surface area (TPSA) is 56.6 Å². The number of rotatable bonds is 2. The van der Waals surface area contributed by atoms with Crippen molar-refractivity contribution < 1.29 is 4.79 Å². The van der Waals surface area contributed by atoms with Crippen molar-refractivity contribution in [1.82, 2.24) is 4.98 Å². The average molecular weight is 240 g/mol. The Bertz CT molecular complexity index is 639. The molecular formula is C15H16N2O. The third-order valence-electron chi connectivity index (χ3n) is 3.03. The van der Waals surface area contributed by atoms with Crippen LogP contribution < -0.4 is 0 Å². The van der Waals surface area contributed by atoms with Gasteiger partial charge >= 0.3 is 0 Å². The monoisotopic (exact) mass is 240 g/mol. The number of ketones is 1. The van der Waals surface area contributed by atoms with E-state index in [0.29, 0.717) is 5.69 Å². The van der Waals surface area contributed by atoms with Crippen molar-refractivity contribution in [1.29, 1.82) is 5.26 Å². The van der Waals surface area contributed by atoms with E-state index in [0.717, 1.165) is 10.9 Å². The van der Waals surface area contributed by atoms with Crippen molar-refractivity contribution in [3.8, 4) is 6.07 Å². The third-order valence-corrected chi connectivity index (χ3v) is 3.03. The molecule has 0 bridgehead atoms. The van der Waals surface area contributed by atoms with Crippen LogP contribution in [0.15, 0.2) is 24.3 Å². The van der Waals surface area contributed by atoms with Crippen LogP contribution in [-0.2, 0) is 5.41 Å². The highest BCUT2D eigenvalue weighted by Gasteiger charge is 2.15. The fourth-order valence-electron chi connectivity index (χ4n) is 1.91. The number of aromatic amines is 1. The minimum atomic E-state index is -0.161. The van der Waals surface area contributed by atoms with Crippen molar-refractivity contribution in [3.05, 3.63) is 35.5 Å². The summed E-state index contributed by atoms with van der Waals surface area (Å²) in [5.41, 5.74) is 2.76. The van der Waals surface area contributed by atoms with Crippen LogP contribution in [0.1, 0.15) is 43.2 Å². The molecule has 0 aliphatic heterocycles. The number of hydrogen-bond donors (Lipinski definition) is 1. The summed E-state index contributed by atoms with van der Waals surface area (Å²) in [7, 11) is 0. The zero-order valence-corrected chi connectivity index (χ0v) is 10.9. The molecule has 0 saturated heterocycles. The maximum atomic E-state index is 11.6. The standard InChI is InChI=1S/C15H16N2O/c1-15(2,3)11-5-4-10-8-13(14(18)6-7-16)17-12(10)9-11/h4-5,8-9,17H,6H2,1-3H3. The molecule has 1 N–H and O–H groups in total. The number of benzene rings is 1. The van der Waals surface area contributed by atoms with Gasteiger partial charge in [0.25, 0.3) is 0 Å². The van der Waals surface area contributed by atoms with E-state index in [1.54, 1.807) is 6.07 Å². The van der Waals surface area contributed by atoms with Crippen LogP contribution in [0.25, 0.3) is 10.9 Å². The SMILES string of the molecule is CC(C)(C)c1ccc2cc(C(=O)CC#N)[nH]c2c1. The van der Waals surface area contributed by atoms with E-state index < -0.39 is 0 Å². The number of carbonyl (C=O) groups is 1. The molecule has 0 saturated carbocycles. The number of carbonyl (C=O) groups excluding carboxylic acids is 1. The first kappa shape index (κ1) is 12.4. The van der Waals surface area contributed by atoms with Gasteiger partial charge in [0.05, 0.1) is 11.8 Å². The number of H-pyrrole nitrogens is 1. The van der Waals surface area contributed by atoms with Crippen LogP contribution in [0.3, 0.4) is 0 Å². The zero-order valence-electron chi connectivity index (χ0n) is 10.9. The first-order valence-electron chi connectivity index (χ1n) is 5.95. The molecule has 0 aliphatic rings. The molecule has 1 aromatic heterocycles. The van der Waals surface area contributed by atoms with Gasteiger partial charge in [-0.1, -0.05) is 32.9 Å². The molecule has 2 rings (SSSR count). The Morgan fingerprint density at radius 2 is 2.06 bits per heavy atom. The predicted octanol–water partition coefficient (Wildman–Crippen LogP) is 3.56. The summed E-state index contributed by atoms with van der Waals surface area (Å²) in [6.45, 7) is 6.45. The Kier molecular flexibility index (Phi) is 2.96. The Balaban J connectivity index is 2.47. The second kappa shape index (κ2) is 4.30. The molecule has 0 spiro atoms. The van der Waals surface area contributed by atoms with Gasteiger partial charge in [-0.3, -0.25) is 4.79 Å². The highest BCUT2D eigenvalue weighted by molar-refractivity contribution is 6.00. The smallest absolute Gasteiger partial charge is 0.193 e. The van der Waals surface area contributed by atoms with E-state index in [1.807, 2.05) is 12.1 Å². The van der Waals surface area contributed by atoms with Crippen LogP contribution in [-0.4, -0.2) is 10.8 Å². The molecular weight excluding hydrogens is 224 g/mol. The van der Waals surface area contributed by atoms with Gasteiger partial charge in [-0.15, -0.1) is 0 Å². The van der Waals surface area contributed by atoms with E-state index in [-0.39, 0.29) is 17.6 Å². The highest BCUT2D eigenvalue weighted by Crippen LogP contribution is 2.26. The number of hydrogen-bond acceptors (Lipinski definition) is 2. The van der Waals surface area contributed by atoms with Gasteiger partial charge in [0.1, 0.15) is 6.42 Å². The number of aromatic nitrogens is 1. The van der Waals surface area contributed by atoms with Crippen molar-refractivity contribution >= 4 is 16.7 Å². The largest absolute Gasteiger partial charge is 0.352 e. The number of Topliss-reactive ketones (excluding diaryl/α,β-unsaturated/α-hetero) is 1. The molecule has 0 amide bonds. The van der Waals surface area contributed by atoms with Crippen molar-refractivity contribution in [2.75, 3.05) is 0 Å². The Morgan fingerprint density at radius 3 is 2.67 bits per heavy atom. The minimum absolute atomic E-state index is 0.0795. The fourth-order valence-corrected chi connectivity index (χ4v) is 1.91. The molecule has 0 aliphatic carbocycles. The maximum absolute atomic E-state index is 11.6. The molecule has 3 heteroatoms. The Morgan fingerprint density at radius 1 is 1.33 bits per heavy atom. The van der Waals surface area contributed by atoms with E-state index >= 15 is 0 Å². The lowest BCUT2D eigenvalue weighted by Gasteiger charge is -2.18. The van der Waals surface area contributed by atoms with Crippen LogP contribution in [0.4, 0.5) is 0 Å². The van der Waals surface area contributed by atoms with Gasteiger partial charge in [-0.2, -0.15) is 5.26 Å². The maximum Gasteiger partial charge on any atom is 0.193 e. The molecule has 0 fully saturated rings. The van der Waals surface area contributed by atoms with Gasteiger partial charge in [0.2, 0.25) is 0 Å². The van der Waals surface area contributed by atoms with Gasteiger partial charge in [0, 0.05) is 10.9 Å². The van der Waals surface area contributed by atoms with Crippen LogP contribution in [0, 0.1) is 11.3 Å². The van der Waals surface area contributed by atoms with E-state index in [9.17, 15) is 4.79 Å². The van der Waals surface area contributed by atoms with Crippen molar-refractivity contribution in [2.24, 2.45) is 0 Å². The molecule has 0 atom stereocenters. The van der Waals surface area contributed by atoms with Gasteiger partial charge in [-0.25, -0.2) is 0 Å². The molecule has 1 aromatic carbocycles. The van der Waals surface area contributed by atoms with E-state index in [1.165, 1.54) is 5.56 Å². The normalized spacial score (nSPS) is 11.4. The molecule has 92 valence electrons. The second-order valence-corrected chi connectivity index (χ2v) is 5.49. The number of nitrogens with zero attached hydrogens (tertiary/aromatic N) is 1. The first-order chi connectivity index (χ1) is 8.41. The number of nitriles is 1. The molecule has 3 nitrogen and oxygen atoms in total. The molecule has 0 radical (unpaired) electrons. The van der Waals surface area contributed by atoms with Crippen molar-refractivity contribution in [2.45, 2.75) is 32.6 Å². The van der Waals surface area contributed by atoms with Crippen molar-refractivity contribution in [3.63, 3.8) is 0 Å². The number of nitrogens with one attached hydrogen (secondary N) is 1. The lowest BCUT2D eigenvalue weighted by molar-refractivity contribution is 0.0994. The third kappa shape index (κ3) is 2.28. The van der Waals surface area contributed by atoms with E-state index in [2.05, 4.69) is 37.9 Å². The van der Waals surface area contributed by atoms with E-state index in [4.69, 9.17) is 5.26 Å².